The zero-order valence-corrected chi connectivity index (χ0v) is 20.9. The van der Waals surface area contributed by atoms with Crippen LogP contribution in [0.1, 0.15) is 65.4 Å². The van der Waals surface area contributed by atoms with Crippen LogP contribution in [0.2, 0.25) is 0 Å². The molecule has 178 valence electrons. The lowest BCUT2D eigenvalue weighted by Gasteiger charge is -2.62. The minimum atomic E-state index is -0.472. The zero-order chi connectivity index (χ0) is 23.1. The van der Waals surface area contributed by atoms with Gasteiger partial charge >= 0.3 is 0 Å². The lowest BCUT2D eigenvalue weighted by molar-refractivity contribution is -0.219. The van der Waals surface area contributed by atoms with Gasteiger partial charge in [0.15, 0.2) is 0 Å². The second-order valence-corrected chi connectivity index (χ2v) is 11.4. The van der Waals surface area contributed by atoms with Crippen LogP contribution in [0, 0.1) is 34.0 Å². The molecule has 0 amide bonds. The molecule has 0 spiro atoms. The molecule has 0 aliphatic heterocycles. The minimum absolute atomic E-state index is 0.00787. The molecule has 32 heavy (non-hydrogen) atoms. The van der Waals surface area contributed by atoms with Crippen molar-refractivity contribution in [3.8, 4) is 0 Å². The molecule has 3 aliphatic carbocycles. The fraction of sp³-hybridized carbons (Fsp3) is 0.750. The van der Waals surface area contributed by atoms with Crippen LogP contribution in [-0.2, 0) is 25.4 Å². The molecule has 2 bridgehead atoms. The van der Waals surface area contributed by atoms with Crippen molar-refractivity contribution in [2.75, 3.05) is 21.0 Å². The Morgan fingerprint density at radius 1 is 1.03 bits per heavy atom. The lowest BCUT2D eigenvalue weighted by atomic mass is 9.43. The molecule has 4 rings (SSSR count). The quantitative estimate of drug-likeness (QED) is 0.532. The molecule has 0 aromatic heterocycles. The van der Waals surface area contributed by atoms with Crippen molar-refractivity contribution < 1.29 is 19.0 Å². The number of benzene rings is 1. The number of rotatable bonds is 6. The van der Waals surface area contributed by atoms with Crippen LogP contribution in [0.3, 0.4) is 0 Å². The fourth-order valence-corrected chi connectivity index (χ4v) is 8.09. The van der Waals surface area contributed by atoms with Crippen molar-refractivity contribution in [3.05, 3.63) is 35.9 Å². The maximum absolute atomic E-state index is 14.3. The number of carbonyl (C=O) groups excluding carboxylic acids is 1. The fourth-order valence-electron chi connectivity index (χ4n) is 8.09. The Balaban J connectivity index is 1.84. The summed E-state index contributed by atoms with van der Waals surface area (Å²) < 4.78 is 18.0. The third-order valence-corrected chi connectivity index (χ3v) is 9.97. The third kappa shape index (κ3) is 3.58. The number of ether oxygens (including phenoxy) is 3. The Morgan fingerprint density at radius 2 is 1.72 bits per heavy atom. The molecule has 0 N–H and O–H groups in total. The zero-order valence-electron chi connectivity index (χ0n) is 20.9. The number of methoxy groups -OCH3 is 2. The Hall–Kier alpha value is -1.23. The molecular weight excluding hydrogens is 400 g/mol. The molecule has 4 heteroatoms. The van der Waals surface area contributed by atoms with Gasteiger partial charge in [-0.2, -0.15) is 0 Å². The van der Waals surface area contributed by atoms with Crippen LogP contribution in [-0.4, -0.2) is 39.0 Å². The van der Waals surface area contributed by atoms with E-state index in [2.05, 4.69) is 52.0 Å². The largest absolute Gasteiger partial charge is 0.381 e. The Kier molecular flexibility index (Phi) is 6.61. The van der Waals surface area contributed by atoms with Crippen molar-refractivity contribution >= 4 is 5.78 Å². The highest BCUT2D eigenvalue weighted by Crippen LogP contribution is 2.68. The molecule has 0 saturated heterocycles. The second kappa shape index (κ2) is 8.85. The first kappa shape index (κ1) is 23.9. The van der Waals surface area contributed by atoms with Gasteiger partial charge in [0.05, 0.1) is 12.2 Å². The van der Waals surface area contributed by atoms with Gasteiger partial charge in [-0.25, -0.2) is 0 Å². The van der Waals surface area contributed by atoms with Gasteiger partial charge < -0.3 is 14.2 Å². The summed E-state index contributed by atoms with van der Waals surface area (Å²) >= 11 is 0. The summed E-state index contributed by atoms with van der Waals surface area (Å²) in [5.41, 5.74) is 0.674. The molecule has 0 radical (unpaired) electrons. The highest BCUT2D eigenvalue weighted by molar-refractivity contribution is 5.88. The second-order valence-electron chi connectivity index (χ2n) is 11.4. The minimum Gasteiger partial charge on any atom is -0.381 e. The van der Waals surface area contributed by atoms with E-state index in [-0.39, 0.29) is 35.7 Å². The molecule has 3 saturated carbocycles. The maximum Gasteiger partial charge on any atom is 0.146 e. The lowest BCUT2D eigenvalue weighted by Crippen LogP contribution is -2.63. The standard InChI is InChI=1S/C28H42O4/c1-19-12-14-28-15-13-22(31-6)24(28)27(19,4)23(32-18-30-5)17-26(3,25(29)20(28)2)16-21-10-8-7-9-11-21/h7-11,19-20,22-24H,12-18H2,1-6H3/t19-,20+,22-,23?,24?,26-,27+,28?/m1/s1. The first-order valence-corrected chi connectivity index (χ1v) is 12.4. The normalized spacial score (nSPS) is 44.1. The summed E-state index contributed by atoms with van der Waals surface area (Å²) in [6.45, 7) is 9.49. The Bertz CT molecular complexity index is 809. The molecule has 0 heterocycles. The van der Waals surface area contributed by atoms with Crippen LogP contribution in [0.15, 0.2) is 30.3 Å². The number of ketones is 1. The van der Waals surface area contributed by atoms with Gasteiger partial charge in [-0.15, -0.1) is 0 Å². The van der Waals surface area contributed by atoms with Crippen LogP contribution < -0.4 is 0 Å². The molecular formula is C28H42O4. The van der Waals surface area contributed by atoms with Gasteiger partial charge in [-0.05, 0) is 61.3 Å². The van der Waals surface area contributed by atoms with Crippen LogP contribution in [0.5, 0.6) is 0 Å². The van der Waals surface area contributed by atoms with E-state index in [9.17, 15) is 4.79 Å². The summed E-state index contributed by atoms with van der Waals surface area (Å²) in [5, 5.41) is 0. The molecule has 4 nitrogen and oxygen atoms in total. The van der Waals surface area contributed by atoms with E-state index in [1.807, 2.05) is 13.2 Å². The van der Waals surface area contributed by atoms with Gasteiger partial charge in [0.2, 0.25) is 0 Å². The summed E-state index contributed by atoms with van der Waals surface area (Å²) in [4.78, 5) is 14.3. The summed E-state index contributed by atoms with van der Waals surface area (Å²) in [6, 6.07) is 10.5. The summed E-state index contributed by atoms with van der Waals surface area (Å²) in [5.74, 6) is 1.26. The number of hydrogen-bond acceptors (Lipinski definition) is 4. The van der Waals surface area contributed by atoms with Gasteiger partial charge in [0.25, 0.3) is 0 Å². The van der Waals surface area contributed by atoms with Crippen molar-refractivity contribution in [3.63, 3.8) is 0 Å². The van der Waals surface area contributed by atoms with Gasteiger partial charge in [0.1, 0.15) is 12.6 Å². The van der Waals surface area contributed by atoms with Crippen molar-refractivity contribution in [1.29, 1.82) is 0 Å². The number of Topliss-reactive ketones (excluding diaryl/α,β-unsaturated/α-hetero) is 1. The van der Waals surface area contributed by atoms with Crippen molar-refractivity contribution in [2.45, 2.75) is 78.4 Å². The van der Waals surface area contributed by atoms with E-state index in [1.54, 1.807) is 7.11 Å². The van der Waals surface area contributed by atoms with Gasteiger partial charge in [-0.1, -0.05) is 58.0 Å². The van der Waals surface area contributed by atoms with Crippen LogP contribution >= 0.6 is 0 Å². The molecule has 3 fully saturated rings. The smallest absolute Gasteiger partial charge is 0.146 e. The van der Waals surface area contributed by atoms with Crippen LogP contribution in [0.4, 0.5) is 0 Å². The molecule has 8 atom stereocenters. The van der Waals surface area contributed by atoms with E-state index in [4.69, 9.17) is 14.2 Å². The topological polar surface area (TPSA) is 44.8 Å². The first-order valence-electron chi connectivity index (χ1n) is 12.4. The molecule has 3 unspecified atom stereocenters. The highest BCUT2D eigenvalue weighted by atomic mass is 16.7. The first-order chi connectivity index (χ1) is 15.2. The Morgan fingerprint density at radius 3 is 2.38 bits per heavy atom. The predicted molar refractivity (Wildman–Crippen MR) is 126 cm³/mol. The predicted octanol–water partition coefficient (Wildman–Crippen LogP) is 5.68. The summed E-state index contributed by atoms with van der Waals surface area (Å²) in [6.07, 6.45) is 5.97. The van der Waals surface area contributed by atoms with Crippen molar-refractivity contribution in [1.82, 2.24) is 0 Å². The molecule has 1 aromatic carbocycles. The van der Waals surface area contributed by atoms with Crippen molar-refractivity contribution in [2.24, 2.45) is 34.0 Å². The third-order valence-electron chi connectivity index (χ3n) is 9.97. The van der Waals surface area contributed by atoms with E-state index in [0.29, 0.717) is 17.6 Å². The SMILES string of the molecule is COCOC1C[C@@](C)(Cc2ccccc2)C(=O)[C@H](C)C23CC[C@@H](C)[C@]1(C)C2[C@H](OC)CC3. The number of carbonyl (C=O) groups is 1. The molecule has 1 aromatic rings. The Labute approximate surface area is 194 Å². The monoisotopic (exact) mass is 442 g/mol. The maximum atomic E-state index is 14.3. The van der Waals surface area contributed by atoms with E-state index < -0.39 is 5.41 Å². The van der Waals surface area contributed by atoms with Crippen LogP contribution in [0.25, 0.3) is 0 Å². The van der Waals surface area contributed by atoms with Gasteiger partial charge in [0, 0.05) is 31.0 Å². The average molecular weight is 443 g/mol. The van der Waals surface area contributed by atoms with E-state index in [1.165, 1.54) is 5.56 Å². The summed E-state index contributed by atoms with van der Waals surface area (Å²) in [7, 11) is 3.53. The van der Waals surface area contributed by atoms with E-state index in [0.717, 1.165) is 38.5 Å². The number of hydrogen-bond donors (Lipinski definition) is 0. The van der Waals surface area contributed by atoms with Gasteiger partial charge in [-0.3, -0.25) is 4.79 Å². The van der Waals surface area contributed by atoms with E-state index >= 15 is 0 Å². The highest BCUT2D eigenvalue weighted by Gasteiger charge is 2.68. The average Bonchev–Trinajstić information content (AvgIpc) is 3.19. The molecule has 3 aliphatic rings.